The summed E-state index contributed by atoms with van der Waals surface area (Å²) in [5.74, 6) is 3.04. The van der Waals surface area contributed by atoms with Gasteiger partial charge in [-0.3, -0.25) is 4.99 Å². The maximum Gasteiger partial charge on any atom is 0.231 e. The molecule has 6 nitrogen and oxygen atoms in total. The highest BCUT2D eigenvalue weighted by Crippen LogP contribution is 2.40. The minimum absolute atomic E-state index is 0.0144. The van der Waals surface area contributed by atoms with Gasteiger partial charge >= 0.3 is 0 Å². The Labute approximate surface area is 182 Å². The van der Waals surface area contributed by atoms with E-state index < -0.39 is 0 Å². The third-order valence-electron chi connectivity index (χ3n) is 6.00. The molecule has 30 heavy (non-hydrogen) atoms. The first-order chi connectivity index (χ1) is 14.7. The molecule has 0 aliphatic carbocycles. The third kappa shape index (κ3) is 4.90. The van der Waals surface area contributed by atoms with Crippen LogP contribution < -0.4 is 20.1 Å². The van der Waals surface area contributed by atoms with Crippen LogP contribution in [0, 0.1) is 5.92 Å². The van der Waals surface area contributed by atoms with Gasteiger partial charge < -0.3 is 24.8 Å². The Balaban J connectivity index is 1.38. The van der Waals surface area contributed by atoms with Crippen molar-refractivity contribution in [2.75, 3.05) is 40.1 Å². The lowest BCUT2D eigenvalue weighted by Gasteiger charge is -2.38. The molecule has 2 N–H and O–H groups in total. The number of guanidine groups is 1. The number of aliphatic imine (C=N–C) groups is 1. The molecule has 0 bridgehead atoms. The molecule has 0 spiro atoms. The molecule has 2 aliphatic rings. The van der Waals surface area contributed by atoms with E-state index in [0.29, 0.717) is 12.7 Å². The van der Waals surface area contributed by atoms with E-state index in [0.717, 1.165) is 63.0 Å². The largest absolute Gasteiger partial charge is 0.454 e. The number of rotatable bonds is 7. The molecule has 2 aromatic rings. The lowest BCUT2D eigenvalue weighted by molar-refractivity contribution is 0.0513. The van der Waals surface area contributed by atoms with E-state index in [1.807, 2.05) is 24.5 Å². The Hall–Kier alpha value is -2.25. The average Bonchev–Trinajstić information content (AvgIpc) is 3.45. The summed E-state index contributed by atoms with van der Waals surface area (Å²) >= 11 is 1.82. The summed E-state index contributed by atoms with van der Waals surface area (Å²) in [4.78, 5) is 5.87. The highest BCUT2D eigenvalue weighted by atomic mass is 32.1. The number of fused-ring (bicyclic) bond motifs is 1. The number of nitrogens with one attached hydrogen (secondary N) is 2. The van der Waals surface area contributed by atoms with E-state index in [-0.39, 0.29) is 5.41 Å². The van der Waals surface area contributed by atoms with E-state index in [1.54, 1.807) is 0 Å². The first-order valence-electron chi connectivity index (χ1n) is 10.6. The van der Waals surface area contributed by atoms with Crippen LogP contribution in [0.3, 0.4) is 0 Å². The van der Waals surface area contributed by atoms with Crippen LogP contribution in [0.2, 0.25) is 0 Å². The van der Waals surface area contributed by atoms with Gasteiger partial charge in [0.15, 0.2) is 17.5 Å². The number of hydrogen-bond donors (Lipinski definition) is 2. The molecular formula is C23H31N3O3S. The fourth-order valence-electron chi connectivity index (χ4n) is 4.14. The standard InChI is InChI=1S/C23H31N3O3S/c1-17(12-19-4-3-11-30-19)14-25-22(24-2)26-15-23(7-9-27-10-8-23)18-5-6-20-21(13-18)29-16-28-20/h3-6,11,13,17H,7-10,12,14-16H2,1-2H3,(H2,24,25,26). The minimum Gasteiger partial charge on any atom is -0.454 e. The maximum atomic E-state index is 5.67. The van der Waals surface area contributed by atoms with Gasteiger partial charge in [-0.1, -0.05) is 19.1 Å². The molecule has 1 saturated heterocycles. The van der Waals surface area contributed by atoms with Crippen LogP contribution in [0.5, 0.6) is 11.5 Å². The zero-order valence-electron chi connectivity index (χ0n) is 17.8. The monoisotopic (exact) mass is 429 g/mol. The van der Waals surface area contributed by atoms with Crippen molar-refractivity contribution in [1.29, 1.82) is 0 Å². The first-order valence-corrected chi connectivity index (χ1v) is 11.5. The lowest BCUT2D eigenvalue weighted by Crippen LogP contribution is -2.48. The summed E-state index contributed by atoms with van der Waals surface area (Å²) in [6, 6.07) is 10.6. The second kappa shape index (κ2) is 9.71. The number of thiophene rings is 1. The normalized spacial score (nSPS) is 18.8. The molecule has 2 aliphatic heterocycles. The fraction of sp³-hybridized carbons (Fsp3) is 0.522. The Morgan fingerprint density at radius 1 is 1.17 bits per heavy atom. The predicted octanol–water partition coefficient (Wildman–Crippen LogP) is 3.57. The van der Waals surface area contributed by atoms with Crippen LogP contribution in [-0.2, 0) is 16.6 Å². The molecule has 4 rings (SSSR count). The summed E-state index contributed by atoms with van der Waals surface area (Å²) in [5.41, 5.74) is 1.25. The predicted molar refractivity (Wildman–Crippen MR) is 121 cm³/mol. The molecule has 1 unspecified atom stereocenters. The van der Waals surface area contributed by atoms with Gasteiger partial charge in [0.05, 0.1) is 0 Å². The summed E-state index contributed by atoms with van der Waals surface area (Å²) in [6.45, 7) is 5.78. The fourth-order valence-corrected chi connectivity index (χ4v) is 5.01. The quantitative estimate of drug-likeness (QED) is 0.520. The van der Waals surface area contributed by atoms with Crippen molar-refractivity contribution < 1.29 is 14.2 Å². The summed E-state index contributed by atoms with van der Waals surface area (Å²) < 4.78 is 16.8. The van der Waals surface area contributed by atoms with Gasteiger partial charge in [-0.05, 0) is 54.3 Å². The van der Waals surface area contributed by atoms with Gasteiger partial charge in [0.25, 0.3) is 0 Å². The van der Waals surface area contributed by atoms with Crippen LogP contribution in [0.25, 0.3) is 0 Å². The molecule has 0 amide bonds. The smallest absolute Gasteiger partial charge is 0.231 e. The molecule has 1 atom stereocenters. The zero-order valence-corrected chi connectivity index (χ0v) is 18.6. The van der Waals surface area contributed by atoms with Gasteiger partial charge in [0.2, 0.25) is 6.79 Å². The van der Waals surface area contributed by atoms with Crippen molar-refractivity contribution in [2.24, 2.45) is 10.9 Å². The van der Waals surface area contributed by atoms with Crippen LogP contribution in [0.4, 0.5) is 0 Å². The molecule has 1 aromatic heterocycles. The van der Waals surface area contributed by atoms with Crippen LogP contribution >= 0.6 is 11.3 Å². The van der Waals surface area contributed by atoms with Crippen LogP contribution in [0.15, 0.2) is 40.7 Å². The molecule has 3 heterocycles. The van der Waals surface area contributed by atoms with Gasteiger partial charge in [0, 0.05) is 43.6 Å². The van der Waals surface area contributed by atoms with E-state index in [4.69, 9.17) is 14.2 Å². The highest BCUT2D eigenvalue weighted by Gasteiger charge is 2.35. The van der Waals surface area contributed by atoms with E-state index in [9.17, 15) is 0 Å². The molecule has 0 saturated carbocycles. The molecular weight excluding hydrogens is 398 g/mol. The molecule has 0 radical (unpaired) electrons. The van der Waals surface area contributed by atoms with Gasteiger partial charge in [-0.25, -0.2) is 0 Å². The second-order valence-electron chi connectivity index (χ2n) is 8.16. The van der Waals surface area contributed by atoms with Crippen molar-refractivity contribution in [3.05, 3.63) is 46.2 Å². The summed E-state index contributed by atoms with van der Waals surface area (Å²) in [5, 5.41) is 9.21. The highest BCUT2D eigenvalue weighted by molar-refractivity contribution is 7.09. The number of ether oxygens (including phenoxy) is 3. The average molecular weight is 430 g/mol. The van der Waals surface area contributed by atoms with Crippen molar-refractivity contribution in [2.45, 2.75) is 31.6 Å². The van der Waals surface area contributed by atoms with Crippen LogP contribution in [-0.4, -0.2) is 46.1 Å². The Morgan fingerprint density at radius 3 is 2.77 bits per heavy atom. The third-order valence-corrected chi connectivity index (χ3v) is 6.90. The number of nitrogens with zero attached hydrogens (tertiary/aromatic N) is 1. The van der Waals surface area contributed by atoms with E-state index in [1.165, 1.54) is 10.4 Å². The van der Waals surface area contributed by atoms with Crippen molar-refractivity contribution in [3.8, 4) is 11.5 Å². The van der Waals surface area contributed by atoms with E-state index >= 15 is 0 Å². The molecule has 1 fully saturated rings. The Morgan fingerprint density at radius 2 is 2.00 bits per heavy atom. The van der Waals surface area contributed by atoms with Gasteiger partial charge in [-0.2, -0.15) is 0 Å². The number of benzene rings is 1. The van der Waals surface area contributed by atoms with Gasteiger partial charge in [-0.15, -0.1) is 11.3 Å². The second-order valence-corrected chi connectivity index (χ2v) is 9.19. The molecule has 1 aromatic carbocycles. The van der Waals surface area contributed by atoms with Crippen LogP contribution in [0.1, 0.15) is 30.2 Å². The van der Waals surface area contributed by atoms with Crippen molar-refractivity contribution >= 4 is 17.3 Å². The van der Waals surface area contributed by atoms with E-state index in [2.05, 4.69) is 52.2 Å². The zero-order chi connectivity index (χ0) is 20.8. The lowest BCUT2D eigenvalue weighted by atomic mass is 9.74. The van der Waals surface area contributed by atoms with Gasteiger partial charge in [0.1, 0.15) is 0 Å². The van der Waals surface area contributed by atoms with Crippen molar-refractivity contribution in [1.82, 2.24) is 10.6 Å². The minimum atomic E-state index is -0.0144. The first kappa shape index (κ1) is 21.0. The topological polar surface area (TPSA) is 64.1 Å². The summed E-state index contributed by atoms with van der Waals surface area (Å²) in [7, 11) is 1.83. The summed E-state index contributed by atoms with van der Waals surface area (Å²) in [6.07, 6.45) is 3.01. The molecule has 162 valence electrons. The van der Waals surface area contributed by atoms with Crippen molar-refractivity contribution in [3.63, 3.8) is 0 Å². The SMILES string of the molecule is CN=C(NCC(C)Cc1cccs1)NCC1(c2ccc3c(c2)OCO3)CCOCC1. The maximum absolute atomic E-state index is 5.67. The Kier molecular flexibility index (Phi) is 6.79. The molecule has 7 heteroatoms. The Bertz CT molecular complexity index is 847. The number of hydrogen-bond acceptors (Lipinski definition) is 5.